The van der Waals surface area contributed by atoms with E-state index < -0.39 is 5.97 Å². The smallest absolute Gasteiger partial charge is 0.303 e. The summed E-state index contributed by atoms with van der Waals surface area (Å²) in [4.78, 5) is 28.3. The molecule has 3 aromatic carbocycles. The maximum absolute atomic E-state index is 13.2. The Morgan fingerprint density at radius 3 is 2.33 bits per heavy atom. The van der Waals surface area contributed by atoms with Crippen LogP contribution in [0.25, 0.3) is 10.8 Å². The molecule has 154 valence electrons. The second-order valence-corrected chi connectivity index (χ2v) is 7.68. The number of amides is 1. The van der Waals surface area contributed by atoms with Crippen molar-refractivity contribution in [1.82, 2.24) is 4.90 Å². The van der Waals surface area contributed by atoms with E-state index in [1.165, 1.54) is 5.56 Å². The van der Waals surface area contributed by atoms with Gasteiger partial charge in [0.05, 0.1) is 0 Å². The average molecular weight is 402 g/mol. The molecule has 1 heterocycles. The second-order valence-electron chi connectivity index (χ2n) is 7.68. The zero-order valence-electron chi connectivity index (χ0n) is 17.0. The number of aliphatic carboxylic acids is 1. The Hall–Kier alpha value is -3.34. The minimum atomic E-state index is -0.756. The summed E-state index contributed by atoms with van der Waals surface area (Å²) < 4.78 is 0. The van der Waals surface area contributed by atoms with Gasteiger partial charge in [0.1, 0.15) is 0 Å². The molecule has 0 bridgehead atoms. The highest BCUT2D eigenvalue weighted by atomic mass is 16.4. The van der Waals surface area contributed by atoms with Crippen molar-refractivity contribution >= 4 is 28.3 Å². The van der Waals surface area contributed by atoms with Gasteiger partial charge in [-0.3, -0.25) is 9.59 Å². The number of piperazine rings is 1. The number of anilines is 1. The Balaban J connectivity index is 1.44. The summed E-state index contributed by atoms with van der Waals surface area (Å²) in [7, 11) is 0. The molecular formula is C25H26N2O3. The monoisotopic (exact) mass is 402 g/mol. The van der Waals surface area contributed by atoms with Crippen LogP contribution in [0.5, 0.6) is 0 Å². The number of aryl methyl sites for hydroxylation is 1. The summed E-state index contributed by atoms with van der Waals surface area (Å²) in [5.74, 6) is -0.672. The van der Waals surface area contributed by atoms with Crippen molar-refractivity contribution in [3.05, 3.63) is 77.9 Å². The lowest BCUT2D eigenvalue weighted by atomic mass is 10.0. The maximum atomic E-state index is 13.2. The quantitative estimate of drug-likeness (QED) is 0.671. The van der Waals surface area contributed by atoms with E-state index in [1.54, 1.807) is 0 Å². The van der Waals surface area contributed by atoms with E-state index in [0.29, 0.717) is 19.5 Å². The largest absolute Gasteiger partial charge is 0.481 e. The van der Waals surface area contributed by atoms with Crippen molar-refractivity contribution in [2.75, 3.05) is 31.1 Å². The molecule has 4 rings (SSSR count). The van der Waals surface area contributed by atoms with Crippen molar-refractivity contribution in [3.8, 4) is 0 Å². The third kappa shape index (κ3) is 4.30. The van der Waals surface area contributed by atoms with Gasteiger partial charge >= 0.3 is 5.97 Å². The first-order chi connectivity index (χ1) is 14.6. The fourth-order valence-corrected chi connectivity index (χ4v) is 4.19. The normalized spacial score (nSPS) is 14.1. The molecule has 0 saturated carbocycles. The van der Waals surface area contributed by atoms with Crippen LogP contribution < -0.4 is 4.90 Å². The average Bonchev–Trinajstić information content (AvgIpc) is 2.78. The number of fused-ring (bicyclic) bond motifs is 1. The Bertz CT molecular complexity index is 1050. The standard InChI is InChI=1S/C25H26N2O3/c28-24(29)14-6-10-20-8-2-4-13-23(20)26-15-17-27(18-16-26)25(30)22-12-5-9-19-7-1-3-11-21(19)22/h1-5,7-9,11-13H,6,10,14-18H2,(H,28,29). The van der Waals surface area contributed by atoms with Crippen LogP contribution in [0.4, 0.5) is 5.69 Å². The van der Waals surface area contributed by atoms with Gasteiger partial charge in [-0.2, -0.15) is 0 Å². The molecular weight excluding hydrogens is 376 g/mol. The highest BCUT2D eigenvalue weighted by Gasteiger charge is 2.24. The molecule has 0 spiro atoms. The number of benzene rings is 3. The molecule has 1 N–H and O–H groups in total. The summed E-state index contributed by atoms with van der Waals surface area (Å²) in [5, 5.41) is 11.0. The molecule has 1 aliphatic heterocycles. The van der Waals surface area contributed by atoms with Gasteiger partial charge in [-0.25, -0.2) is 0 Å². The van der Waals surface area contributed by atoms with Crippen LogP contribution >= 0.6 is 0 Å². The Labute approximate surface area is 176 Å². The molecule has 1 fully saturated rings. The first-order valence-electron chi connectivity index (χ1n) is 10.4. The Morgan fingerprint density at radius 1 is 0.833 bits per heavy atom. The zero-order chi connectivity index (χ0) is 20.9. The van der Waals surface area contributed by atoms with Crippen LogP contribution in [0.2, 0.25) is 0 Å². The van der Waals surface area contributed by atoms with E-state index in [0.717, 1.165) is 41.5 Å². The van der Waals surface area contributed by atoms with Crippen LogP contribution in [0.3, 0.4) is 0 Å². The van der Waals surface area contributed by atoms with Crippen LogP contribution in [-0.2, 0) is 11.2 Å². The van der Waals surface area contributed by atoms with E-state index in [2.05, 4.69) is 17.0 Å². The number of hydrogen-bond donors (Lipinski definition) is 1. The zero-order valence-corrected chi connectivity index (χ0v) is 17.0. The lowest BCUT2D eigenvalue weighted by Crippen LogP contribution is -2.49. The molecule has 30 heavy (non-hydrogen) atoms. The SMILES string of the molecule is O=C(O)CCCc1ccccc1N1CCN(C(=O)c2cccc3ccccc23)CC1. The molecule has 0 unspecified atom stereocenters. The van der Waals surface area contributed by atoms with Crippen LogP contribution in [0.1, 0.15) is 28.8 Å². The molecule has 0 aromatic heterocycles. The molecule has 0 atom stereocenters. The number of para-hydroxylation sites is 1. The van der Waals surface area contributed by atoms with Gasteiger partial charge in [0.2, 0.25) is 0 Å². The highest BCUT2D eigenvalue weighted by Crippen LogP contribution is 2.25. The van der Waals surface area contributed by atoms with Crippen LogP contribution in [-0.4, -0.2) is 48.1 Å². The number of carboxylic acid groups (broad SMARTS) is 1. The number of rotatable bonds is 6. The van der Waals surface area contributed by atoms with Gasteiger partial charge < -0.3 is 14.9 Å². The Kier molecular flexibility index (Phi) is 5.98. The maximum Gasteiger partial charge on any atom is 0.303 e. The van der Waals surface area contributed by atoms with Gasteiger partial charge in [0, 0.05) is 43.9 Å². The van der Waals surface area contributed by atoms with Crippen molar-refractivity contribution in [1.29, 1.82) is 0 Å². The molecule has 5 heteroatoms. The predicted octanol–water partition coefficient (Wildman–Crippen LogP) is 4.21. The van der Waals surface area contributed by atoms with Crippen molar-refractivity contribution < 1.29 is 14.7 Å². The number of carbonyl (C=O) groups excluding carboxylic acids is 1. The molecule has 1 amide bonds. The summed E-state index contributed by atoms with van der Waals surface area (Å²) in [6.45, 7) is 2.88. The van der Waals surface area contributed by atoms with E-state index >= 15 is 0 Å². The molecule has 0 aliphatic carbocycles. The summed E-state index contributed by atoms with van der Waals surface area (Å²) in [6.07, 6.45) is 1.56. The van der Waals surface area contributed by atoms with E-state index in [1.807, 2.05) is 59.5 Å². The van der Waals surface area contributed by atoms with E-state index in [-0.39, 0.29) is 12.3 Å². The lowest BCUT2D eigenvalue weighted by molar-refractivity contribution is -0.137. The van der Waals surface area contributed by atoms with Gasteiger partial charge in [0.15, 0.2) is 0 Å². The topological polar surface area (TPSA) is 60.9 Å². The summed E-state index contributed by atoms with van der Waals surface area (Å²) in [6, 6.07) is 22.1. The third-order valence-corrected chi connectivity index (χ3v) is 5.76. The first-order valence-corrected chi connectivity index (χ1v) is 10.4. The van der Waals surface area contributed by atoms with E-state index in [9.17, 15) is 9.59 Å². The summed E-state index contributed by atoms with van der Waals surface area (Å²) in [5.41, 5.74) is 3.09. The number of carbonyl (C=O) groups is 2. The van der Waals surface area contributed by atoms with Crippen molar-refractivity contribution in [3.63, 3.8) is 0 Å². The van der Waals surface area contributed by atoms with Crippen LogP contribution in [0.15, 0.2) is 66.7 Å². The fraction of sp³-hybridized carbons (Fsp3) is 0.280. The highest BCUT2D eigenvalue weighted by molar-refractivity contribution is 6.07. The molecule has 1 saturated heterocycles. The Morgan fingerprint density at radius 2 is 1.53 bits per heavy atom. The van der Waals surface area contributed by atoms with Gasteiger partial charge in [-0.1, -0.05) is 54.6 Å². The predicted molar refractivity (Wildman–Crippen MR) is 119 cm³/mol. The molecule has 3 aromatic rings. The molecule has 0 radical (unpaired) electrons. The van der Waals surface area contributed by atoms with Gasteiger partial charge in [-0.05, 0) is 41.3 Å². The molecule has 1 aliphatic rings. The number of nitrogens with zero attached hydrogens (tertiary/aromatic N) is 2. The number of hydrogen-bond acceptors (Lipinski definition) is 3. The van der Waals surface area contributed by atoms with Crippen molar-refractivity contribution in [2.24, 2.45) is 0 Å². The number of carboxylic acids is 1. The van der Waals surface area contributed by atoms with Crippen LogP contribution in [0, 0.1) is 0 Å². The minimum absolute atomic E-state index is 0.0844. The second kappa shape index (κ2) is 8.99. The lowest BCUT2D eigenvalue weighted by Gasteiger charge is -2.37. The van der Waals surface area contributed by atoms with Crippen molar-refractivity contribution in [2.45, 2.75) is 19.3 Å². The minimum Gasteiger partial charge on any atom is -0.481 e. The van der Waals surface area contributed by atoms with Gasteiger partial charge in [0.25, 0.3) is 5.91 Å². The summed E-state index contributed by atoms with van der Waals surface area (Å²) >= 11 is 0. The molecule has 5 nitrogen and oxygen atoms in total. The first kappa shape index (κ1) is 20.0. The van der Waals surface area contributed by atoms with Gasteiger partial charge in [-0.15, -0.1) is 0 Å². The van der Waals surface area contributed by atoms with E-state index in [4.69, 9.17) is 5.11 Å². The third-order valence-electron chi connectivity index (χ3n) is 5.76. The fourth-order valence-electron chi connectivity index (χ4n) is 4.19.